The highest BCUT2D eigenvalue weighted by atomic mass is 16.7. The Kier molecular flexibility index (Phi) is 7.04. The highest BCUT2D eigenvalue weighted by Gasteiger charge is 2.48. The Bertz CT molecular complexity index is 1590. The molecule has 2 aliphatic carbocycles. The van der Waals surface area contributed by atoms with Gasteiger partial charge < -0.3 is 28.6 Å². The smallest absolute Gasteiger partial charge is 0.231 e. The topological polar surface area (TPSA) is 49.4 Å². The first kappa shape index (κ1) is 28.4. The van der Waals surface area contributed by atoms with Crippen molar-refractivity contribution in [1.29, 1.82) is 0 Å². The lowest BCUT2D eigenvalue weighted by Gasteiger charge is -2.51. The van der Waals surface area contributed by atoms with E-state index in [0.29, 0.717) is 23.7 Å². The van der Waals surface area contributed by atoms with Gasteiger partial charge in [-0.1, -0.05) is 37.6 Å². The fraction of sp³-hybridized carbons (Fsp3) is 0.514. The van der Waals surface area contributed by atoms with Crippen LogP contribution in [0.15, 0.2) is 48.0 Å². The Morgan fingerprint density at radius 2 is 1.74 bits per heavy atom. The Morgan fingerprint density at radius 3 is 2.47 bits per heavy atom. The van der Waals surface area contributed by atoms with Gasteiger partial charge in [0.2, 0.25) is 6.79 Å². The van der Waals surface area contributed by atoms with E-state index >= 15 is 0 Å². The molecule has 0 spiro atoms. The van der Waals surface area contributed by atoms with Crippen LogP contribution in [0.1, 0.15) is 64.5 Å². The summed E-state index contributed by atoms with van der Waals surface area (Å²) in [5.41, 5.74) is 6.31. The first-order valence-electron chi connectivity index (χ1n) is 15.9. The molecular formula is C37H45NO5. The predicted octanol–water partition coefficient (Wildman–Crippen LogP) is 8.56. The standard InChI is InChI=1S/C37H45NO5/c1-21(2)24-14-15-37(3,41-7)29-12-8-22(16-28(24)29)17-30-34-25(11-13-31(39-5)36(34)40-6)26-10-9-23-18-32-33(43-20-42-32)19-27(23)35(26)38(30)4/h9-11,13,16,18-19,21,24,28-30H,8,12,14-15,17,20H2,1-7H3/t24-,28-,29+,30-,37+/m0/s1. The molecule has 1 fully saturated rings. The number of hydrogen-bond acceptors (Lipinski definition) is 6. The second-order valence-electron chi connectivity index (χ2n) is 13.5. The third-order valence-corrected chi connectivity index (χ3v) is 11.2. The average molecular weight is 584 g/mol. The summed E-state index contributed by atoms with van der Waals surface area (Å²) < 4.78 is 29.7. The molecule has 228 valence electrons. The van der Waals surface area contributed by atoms with Gasteiger partial charge in [-0.25, -0.2) is 0 Å². The fourth-order valence-electron chi connectivity index (χ4n) is 8.82. The fourth-order valence-corrected chi connectivity index (χ4v) is 8.82. The Labute approximate surface area is 255 Å². The number of nitrogens with zero attached hydrogens (tertiary/aromatic N) is 1. The average Bonchev–Trinajstić information content (AvgIpc) is 3.48. The van der Waals surface area contributed by atoms with Crippen molar-refractivity contribution in [3.63, 3.8) is 0 Å². The number of anilines is 1. The van der Waals surface area contributed by atoms with Gasteiger partial charge in [0.05, 0.1) is 31.5 Å². The zero-order valence-corrected chi connectivity index (χ0v) is 26.7. The number of hydrogen-bond donors (Lipinski definition) is 0. The quantitative estimate of drug-likeness (QED) is 0.271. The minimum absolute atomic E-state index is 0.0488. The lowest BCUT2D eigenvalue weighted by atomic mass is 9.58. The van der Waals surface area contributed by atoms with Crippen molar-refractivity contribution >= 4 is 16.5 Å². The Morgan fingerprint density at radius 1 is 0.977 bits per heavy atom. The molecule has 5 atom stereocenters. The number of rotatable bonds is 6. The van der Waals surface area contributed by atoms with E-state index in [1.54, 1.807) is 19.8 Å². The van der Waals surface area contributed by atoms with Gasteiger partial charge in [-0.3, -0.25) is 0 Å². The van der Waals surface area contributed by atoms with Crippen molar-refractivity contribution in [2.45, 2.75) is 64.5 Å². The molecule has 0 radical (unpaired) electrons. The number of benzene rings is 3. The van der Waals surface area contributed by atoms with Gasteiger partial charge in [0.15, 0.2) is 23.0 Å². The second-order valence-corrected chi connectivity index (χ2v) is 13.5. The van der Waals surface area contributed by atoms with Crippen molar-refractivity contribution in [3.8, 4) is 34.1 Å². The summed E-state index contributed by atoms with van der Waals surface area (Å²) in [5.74, 6) is 5.65. The number of methoxy groups -OCH3 is 3. The van der Waals surface area contributed by atoms with Crippen LogP contribution in [-0.4, -0.2) is 40.8 Å². The van der Waals surface area contributed by atoms with E-state index in [2.05, 4.69) is 69.1 Å². The van der Waals surface area contributed by atoms with E-state index in [1.807, 2.05) is 13.2 Å². The summed E-state index contributed by atoms with van der Waals surface area (Å²) in [4.78, 5) is 2.47. The van der Waals surface area contributed by atoms with E-state index in [0.717, 1.165) is 47.6 Å². The van der Waals surface area contributed by atoms with Crippen LogP contribution in [0.4, 0.5) is 5.69 Å². The number of ether oxygens (including phenoxy) is 5. The van der Waals surface area contributed by atoms with Gasteiger partial charge in [0.25, 0.3) is 0 Å². The molecule has 6 heteroatoms. The molecule has 0 N–H and O–H groups in total. The summed E-state index contributed by atoms with van der Waals surface area (Å²) in [6.07, 6.45) is 8.23. The molecule has 6 nitrogen and oxygen atoms in total. The number of fused-ring (bicyclic) bond motifs is 7. The molecule has 0 bridgehead atoms. The summed E-state index contributed by atoms with van der Waals surface area (Å²) in [6, 6.07) is 13.0. The molecule has 7 rings (SSSR count). The largest absolute Gasteiger partial charge is 0.493 e. The lowest BCUT2D eigenvalue weighted by Crippen LogP contribution is -2.49. The molecule has 1 saturated carbocycles. The molecule has 0 amide bonds. The van der Waals surface area contributed by atoms with Gasteiger partial charge in [-0.05, 0) is 97.9 Å². The van der Waals surface area contributed by atoms with Gasteiger partial charge in [0.1, 0.15) is 0 Å². The predicted molar refractivity (Wildman–Crippen MR) is 172 cm³/mol. The third-order valence-electron chi connectivity index (χ3n) is 11.2. The molecule has 0 saturated heterocycles. The normalized spacial score (nSPS) is 27.4. The molecular weight excluding hydrogens is 538 g/mol. The van der Waals surface area contributed by atoms with Crippen molar-refractivity contribution < 1.29 is 23.7 Å². The van der Waals surface area contributed by atoms with Crippen molar-refractivity contribution in [2.24, 2.45) is 23.7 Å². The van der Waals surface area contributed by atoms with Gasteiger partial charge in [0, 0.05) is 30.7 Å². The van der Waals surface area contributed by atoms with Gasteiger partial charge >= 0.3 is 0 Å². The van der Waals surface area contributed by atoms with Crippen LogP contribution >= 0.6 is 0 Å². The van der Waals surface area contributed by atoms with Crippen LogP contribution in [-0.2, 0) is 4.74 Å². The maximum absolute atomic E-state index is 6.21. The zero-order chi connectivity index (χ0) is 30.0. The molecule has 4 aliphatic rings. The first-order valence-corrected chi connectivity index (χ1v) is 15.9. The molecule has 0 unspecified atom stereocenters. The second kappa shape index (κ2) is 10.7. The minimum Gasteiger partial charge on any atom is -0.493 e. The first-order chi connectivity index (χ1) is 20.8. The van der Waals surface area contributed by atoms with Crippen molar-refractivity contribution in [3.05, 3.63) is 53.6 Å². The Hall–Kier alpha value is -3.38. The SMILES string of the molecule is COc1ccc2c(c1OC)[C@H](CC1=C[C@@H]3[C@@H](CC1)[C@](C)(OC)CC[C@H]3C(C)C)N(C)c1c-2ccc2cc3c(cc12)OCO3. The maximum atomic E-state index is 6.21. The molecule has 43 heavy (non-hydrogen) atoms. The maximum Gasteiger partial charge on any atom is 0.231 e. The summed E-state index contributed by atoms with van der Waals surface area (Å²) in [5, 5.41) is 2.33. The number of allylic oxidation sites excluding steroid dienone is 1. The van der Waals surface area contributed by atoms with Crippen LogP contribution in [0.5, 0.6) is 23.0 Å². The van der Waals surface area contributed by atoms with E-state index in [-0.39, 0.29) is 18.4 Å². The molecule has 0 aromatic heterocycles. The lowest BCUT2D eigenvalue weighted by molar-refractivity contribution is -0.108. The van der Waals surface area contributed by atoms with Crippen LogP contribution in [0.25, 0.3) is 21.9 Å². The van der Waals surface area contributed by atoms with Crippen molar-refractivity contribution in [1.82, 2.24) is 0 Å². The Balaban J connectivity index is 1.36. The van der Waals surface area contributed by atoms with Crippen LogP contribution in [0.3, 0.4) is 0 Å². The van der Waals surface area contributed by atoms with Crippen molar-refractivity contribution in [2.75, 3.05) is 40.1 Å². The third kappa shape index (κ3) is 4.39. The highest BCUT2D eigenvalue weighted by Crippen LogP contribution is 2.57. The summed E-state index contributed by atoms with van der Waals surface area (Å²) in [6.45, 7) is 7.40. The monoisotopic (exact) mass is 583 g/mol. The zero-order valence-electron chi connectivity index (χ0n) is 26.7. The summed E-state index contributed by atoms with van der Waals surface area (Å²) in [7, 11) is 7.63. The van der Waals surface area contributed by atoms with E-state index < -0.39 is 0 Å². The molecule has 2 heterocycles. The van der Waals surface area contributed by atoms with E-state index in [4.69, 9.17) is 23.7 Å². The molecule has 3 aromatic rings. The van der Waals surface area contributed by atoms with E-state index in [1.165, 1.54) is 40.6 Å². The molecule has 2 aliphatic heterocycles. The van der Waals surface area contributed by atoms with Crippen LogP contribution in [0, 0.1) is 23.7 Å². The minimum atomic E-state index is -0.0488. The van der Waals surface area contributed by atoms with Crippen LogP contribution < -0.4 is 23.8 Å². The van der Waals surface area contributed by atoms with Gasteiger partial charge in [-0.15, -0.1) is 0 Å². The van der Waals surface area contributed by atoms with Crippen LogP contribution in [0.2, 0.25) is 0 Å². The highest BCUT2D eigenvalue weighted by molar-refractivity contribution is 6.05. The molecule has 3 aromatic carbocycles. The van der Waals surface area contributed by atoms with E-state index in [9.17, 15) is 0 Å². The van der Waals surface area contributed by atoms with Gasteiger partial charge in [-0.2, -0.15) is 0 Å². The summed E-state index contributed by atoms with van der Waals surface area (Å²) >= 11 is 0.